The van der Waals surface area contributed by atoms with Gasteiger partial charge >= 0.3 is 0 Å². The molecule has 0 unspecified atom stereocenters. The Labute approximate surface area is 78.8 Å². The van der Waals surface area contributed by atoms with E-state index in [1.807, 2.05) is 0 Å². The van der Waals surface area contributed by atoms with E-state index in [0.29, 0.717) is 10.7 Å². The number of amides is 2. The van der Waals surface area contributed by atoms with Gasteiger partial charge in [0.25, 0.3) is 0 Å². The van der Waals surface area contributed by atoms with Crippen LogP contribution < -0.4 is 11.5 Å². The number of primary amides is 2. The second kappa shape index (κ2) is 3.99. The molecule has 0 aromatic carbocycles. The maximum atomic E-state index is 10.5. The Hall–Kier alpha value is -1.43. The van der Waals surface area contributed by atoms with E-state index in [2.05, 4.69) is 4.98 Å². The Morgan fingerprint density at radius 1 is 1.31 bits per heavy atom. The molecule has 1 rings (SSSR count). The van der Waals surface area contributed by atoms with E-state index in [4.69, 9.17) is 11.5 Å². The van der Waals surface area contributed by atoms with Gasteiger partial charge in [-0.25, -0.2) is 4.98 Å². The van der Waals surface area contributed by atoms with Crippen LogP contribution in [0, 0.1) is 0 Å². The summed E-state index contributed by atoms with van der Waals surface area (Å²) in [5.41, 5.74) is 10.5. The third kappa shape index (κ3) is 3.20. The second-order valence-electron chi connectivity index (χ2n) is 2.52. The lowest BCUT2D eigenvalue weighted by atomic mass is 10.3. The van der Waals surface area contributed by atoms with E-state index in [-0.39, 0.29) is 12.8 Å². The van der Waals surface area contributed by atoms with Gasteiger partial charge in [-0.05, 0) is 0 Å². The van der Waals surface area contributed by atoms with Crippen LogP contribution >= 0.6 is 11.3 Å². The first-order valence-corrected chi connectivity index (χ1v) is 4.46. The average molecular weight is 199 g/mol. The van der Waals surface area contributed by atoms with Crippen molar-refractivity contribution in [3.8, 4) is 0 Å². The summed E-state index contributed by atoms with van der Waals surface area (Å²) in [5.74, 6) is -0.865. The maximum absolute atomic E-state index is 10.5. The first kappa shape index (κ1) is 9.66. The minimum Gasteiger partial charge on any atom is -0.369 e. The molecule has 0 spiro atoms. The molecule has 13 heavy (non-hydrogen) atoms. The minimum absolute atomic E-state index is 0.106. The summed E-state index contributed by atoms with van der Waals surface area (Å²) in [6, 6.07) is 0. The van der Waals surface area contributed by atoms with Crippen molar-refractivity contribution in [2.24, 2.45) is 11.5 Å². The Balaban J connectivity index is 2.63. The van der Waals surface area contributed by atoms with E-state index < -0.39 is 11.8 Å². The molecule has 70 valence electrons. The topological polar surface area (TPSA) is 99.1 Å². The standard InChI is InChI=1S/C7H9N3O2S/c8-5(11)1-4-3-13-7(10-4)2-6(9)12/h3H,1-2H2,(H2,8,11)(H2,9,12). The highest BCUT2D eigenvalue weighted by Gasteiger charge is 2.06. The summed E-state index contributed by atoms with van der Waals surface area (Å²) in [6.07, 6.45) is 0.221. The quantitative estimate of drug-likeness (QED) is 0.663. The van der Waals surface area contributed by atoms with Gasteiger partial charge in [0.2, 0.25) is 11.8 Å². The van der Waals surface area contributed by atoms with Crippen LogP contribution in [-0.2, 0) is 22.4 Å². The van der Waals surface area contributed by atoms with E-state index in [1.54, 1.807) is 5.38 Å². The van der Waals surface area contributed by atoms with Gasteiger partial charge in [0.05, 0.1) is 18.5 Å². The minimum atomic E-state index is -0.434. The largest absolute Gasteiger partial charge is 0.369 e. The predicted molar refractivity (Wildman–Crippen MR) is 47.9 cm³/mol. The number of hydrogen-bond acceptors (Lipinski definition) is 4. The number of hydrogen-bond donors (Lipinski definition) is 2. The lowest BCUT2D eigenvalue weighted by Gasteiger charge is -1.89. The van der Waals surface area contributed by atoms with Crippen LogP contribution in [0.5, 0.6) is 0 Å². The van der Waals surface area contributed by atoms with Gasteiger partial charge in [0.1, 0.15) is 5.01 Å². The van der Waals surface area contributed by atoms with Gasteiger partial charge in [-0.15, -0.1) is 11.3 Å². The summed E-state index contributed by atoms with van der Waals surface area (Å²) >= 11 is 1.30. The molecule has 2 amide bonds. The third-order valence-corrected chi connectivity index (χ3v) is 2.18. The van der Waals surface area contributed by atoms with Gasteiger partial charge in [0.15, 0.2) is 0 Å². The number of carbonyl (C=O) groups excluding carboxylic acids is 2. The van der Waals surface area contributed by atoms with Crippen molar-refractivity contribution in [3.05, 3.63) is 16.1 Å². The van der Waals surface area contributed by atoms with Crippen molar-refractivity contribution in [1.82, 2.24) is 4.98 Å². The van der Waals surface area contributed by atoms with Gasteiger partial charge in [-0.3, -0.25) is 9.59 Å². The second-order valence-corrected chi connectivity index (χ2v) is 3.46. The van der Waals surface area contributed by atoms with Gasteiger partial charge < -0.3 is 11.5 Å². The van der Waals surface area contributed by atoms with E-state index in [1.165, 1.54) is 11.3 Å². The smallest absolute Gasteiger partial charge is 0.224 e. The van der Waals surface area contributed by atoms with Crippen LogP contribution in [0.15, 0.2) is 5.38 Å². The zero-order chi connectivity index (χ0) is 9.84. The summed E-state index contributed by atoms with van der Waals surface area (Å²) in [6.45, 7) is 0. The van der Waals surface area contributed by atoms with Crippen LogP contribution in [0.25, 0.3) is 0 Å². The number of aromatic nitrogens is 1. The highest BCUT2D eigenvalue weighted by molar-refractivity contribution is 7.09. The zero-order valence-electron chi connectivity index (χ0n) is 6.82. The summed E-state index contributed by atoms with van der Waals surface area (Å²) in [7, 11) is 0. The van der Waals surface area contributed by atoms with Crippen molar-refractivity contribution in [2.75, 3.05) is 0 Å². The number of nitrogens with two attached hydrogens (primary N) is 2. The van der Waals surface area contributed by atoms with Crippen molar-refractivity contribution < 1.29 is 9.59 Å². The first-order valence-electron chi connectivity index (χ1n) is 3.58. The molecule has 0 aliphatic rings. The van der Waals surface area contributed by atoms with E-state index >= 15 is 0 Å². The molecule has 0 fully saturated rings. The van der Waals surface area contributed by atoms with E-state index in [0.717, 1.165) is 0 Å². The molecule has 1 aromatic rings. The van der Waals surface area contributed by atoms with Gasteiger partial charge in [-0.1, -0.05) is 0 Å². The first-order chi connectivity index (χ1) is 6.08. The fourth-order valence-corrected chi connectivity index (χ4v) is 1.64. The molecule has 6 heteroatoms. The third-order valence-electron chi connectivity index (χ3n) is 1.28. The number of thiazole rings is 1. The van der Waals surface area contributed by atoms with Crippen molar-refractivity contribution in [1.29, 1.82) is 0 Å². The number of carbonyl (C=O) groups is 2. The molecular weight excluding hydrogens is 190 g/mol. The van der Waals surface area contributed by atoms with Gasteiger partial charge in [0, 0.05) is 5.38 Å². The number of nitrogens with zero attached hydrogens (tertiary/aromatic N) is 1. The molecule has 0 bridgehead atoms. The summed E-state index contributed by atoms with van der Waals surface area (Å²) in [4.78, 5) is 25.0. The zero-order valence-corrected chi connectivity index (χ0v) is 7.63. The van der Waals surface area contributed by atoms with E-state index in [9.17, 15) is 9.59 Å². The number of rotatable bonds is 4. The van der Waals surface area contributed by atoms with Crippen LogP contribution in [0.1, 0.15) is 10.7 Å². The maximum Gasteiger partial charge on any atom is 0.224 e. The molecule has 0 aliphatic carbocycles. The predicted octanol–water partition coefficient (Wildman–Crippen LogP) is -0.801. The Kier molecular flexibility index (Phi) is 2.97. The van der Waals surface area contributed by atoms with Crippen molar-refractivity contribution in [3.63, 3.8) is 0 Å². The Morgan fingerprint density at radius 2 is 1.92 bits per heavy atom. The molecular formula is C7H9N3O2S. The molecule has 4 N–H and O–H groups in total. The summed E-state index contributed by atoms with van der Waals surface area (Å²) < 4.78 is 0. The van der Waals surface area contributed by atoms with Crippen LogP contribution in [0.2, 0.25) is 0 Å². The fourth-order valence-electron chi connectivity index (χ4n) is 0.839. The van der Waals surface area contributed by atoms with Crippen molar-refractivity contribution >= 4 is 23.2 Å². The Bertz CT molecular complexity index is 304. The monoisotopic (exact) mass is 199 g/mol. The van der Waals surface area contributed by atoms with Crippen LogP contribution in [0.4, 0.5) is 0 Å². The van der Waals surface area contributed by atoms with Gasteiger partial charge in [-0.2, -0.15) is 0 Å². The molecule has 0 aliphatic heterocycles. The normalized spacial score (nSPS) is 9.85. The average Bonchev–Trinajstić information content (AvgIpc) is 2.33. The lowest BCUT2D eigenvalue weighted by molar-refractivity contribution is -0.118. The Morgan fingerprint density at radius 3 is 2.46 bits per heavy atom. The molecule has 0 saturated carbocycles. The highest BCUT2D eigenvalue weighted by Crippen LogP contribution is 2.10. The van der Waals surface area contributed by atoms with Crippen molar-refractivity contribution in [2.45, 2.75) is 12.8 Å². The highest BCUT2D eigenvalue weighted by atomic mass is 32.1. The van der Waals surface area contributed by atoms with Crippen LogP contribution in [-0.4, -0.2) is 16.8 Å². The molecule has 5 nitrogen and oxygen atoms in total. The molecule has 1 aromatic heterocycles. The molecule has 0 radical (unpaired) electrons. The molecule has 0 atom stereocenters. The lowest BCUT2D eigenvalue weighted by Crippen LogP contribution is -2.15. The summed E-state index contributed by atoms with van der Waals surface area (Å²) in [5, 5.41) is 2.31. The SMILES string of the molecule is NC(=O)Cc1csc(CC(N)=O)n1. The molecule has 1 heterocycles. The fraction of sp³-hybridized carbons (Fsp3) is 0.286. The molecule has 0 saturated heterocycles. The van der Waals surface area contributed by atoms with Crippen LogP contribution in [0.3, 0.4) is 0 Å².